The number of phenolic OH excluding ortho intramolecular Hbond substituents is 1. The van der Waals surface area contributed by atoms with Crippen molar-refractivity contribution >= 4 is 28.5 Å². The van der Waals surface area contributed by atoms with Gasteiger partial charge in [0.2, 0.25) is 11.8 Å². The predicted molar refractivity (Wildman–Crippen MR) is 152 cm³/mol. The molecule has 1 saturated heterocycles. The van der Waals surface area contributed by atoms with Crippen molar-refractivity contribution in [3.63, 3.8) is 0 Å². The number of para-hydroxylation sites is 2. The molecule has 1 aliphatic rings. The third-order valence-corrected chi connectivity index (χ3v) is 7.35. The Bertz CT molecular complexity index is 1510. The average molecular weight is 521 g/mol. The minimum absolute atomic E-state index is 0.101. The first-order valence-electron chi connectivity index (χ1n) is 13.3. The summed E-state index contributed by atoms with van der Waals surface area (Å²) >= 11 is 0. The van der Waals surface area contributed by atoms with Crippen molar-refractivity contribution in [2.75, 3.05) is 18.4 Å². The van der Waals surface area contributed by atoms with E-state index in [1.807, 2.05) is 58.0 Å². The molecule has 4 aromatic rings. The van der Waals surface area contributed by atoms with E-state index in [0.29, 0.717) is 25.4 Å². The van der Waals surface area contributed by atoms with Gasteiger partial charge in [-0.25, -0.2) is 4.98 Å². The Morgan fingerprint density at radius 3 is 2.46 bits per heavy atom. The molecule has 0 spiro atoms. The number of aromatic nitrogens is 2. The Hall–Kier alpha value is -4.57. The Morgan fingerprint density at radius 1 is 1.03 bits per heavy atom. The summed E-state index contributed by atoms with van der Waals surface area (Å²) in [6, 6.07) is 22.7. The van der Waals surface area contributed by atoms with Gasteiger partial charge < -0.3 is 19.9 Å². The van der Waals surface area contributed by atoms with Crippen molar-refractivity contribution in [1.29, 1.82) is 0 Å². The normalized spacial score (nSPS) is 14.4. The molecule has 7 heteroatoms. The molecule has 1 atom stereocenters. The topological polar surface area (TPSA) is 87.5 Å². The van der Waals surface area contributed by atoms with Gasteiger partial charge >= 0.3 is 0 Å². The van der Waals surface area contributed by atoms with Crippen LogP contribution in [-0.4, -0.2) is 44.5 Å². The number of benzene rings is 3. The van der Waals surface area contributed by atoms with Crippen LogP contribution >= 0.6 is 0 Å². The van der Waals surface area contributed by atoms with Gasteiger partial charge in [0.25, 0.3) is 0 Å². The molecular weight excluding hydrogens is 488 g/mol. The van der Waals surface area contributed by atoms with Crippen LogP contribution in [0.2, 0.25) is 0 Å². The summed E-state index contributed by atoms with van der Waals surface area (Å²) in [6.45, 7) is 3.40. The largest absolute Gasteiger partial charge is 0.508 e. The molecule has 1 fully saturated rings. The molecule has 2 heterocycles. The van der Waals surface area contributed by atoms with E-state index in [1.165, 1.54) is 5.56 Å². The number of imidazole rings is 1. The number of nitrogens with zero attached hydrogens (tertiary/aromatic N) is 3. The molecule has 39 heavy (non-hydrogen) atoms. The first-order chi connectivity index (χ1) is 19.0. The second kappa shape index (κ2) is 11.9. The molecule has 0 bridgehead atoms. The molecule has 198 valence electrons. The number of piperidine rings is 1. The number of hydrogen-bond acceptors (Lipinski definition) is 4. The Labute approximate surface area is 228 Å². The van der Waals surface area contributed by atoms with Gasteiger partial charge in [0.05, 0.1) is 23.3 Å². The van der Waals surface area contributed by atoms with Crippen LogP contribution < -0.4 is 5.32 Å². The van der Waals surface area contributed by atoms with E-state index in [4.69, 9.17) is 0 Å². The molecule has 2 N–H and O–H groups in total. The van der Waals surface area contributed by atoms with Crippen molar-refractivity contribution in [2.45, 2.75) is 44.6 Å². The Kier molecular flexibility index (Phi) is 7.93. The lowest BCUT2D eigenvalue weighted by Gasteiger charge is -2.33. The highest BCUT2D eigenvalue weighted by molar-refractivity contribution is 5.91. The lowest BCUT2D eigenvalue weighted by Crippen LogP contribution is -2.38. The highest BCUT2D eigenvalue weighted by atomic mass is 16.3. The van der Waals surface area contributed by atoms with Crippen LogP contribution in [0.15, 0.2) is 79.1 Å². The molecule has 3 aromatic carbocycles. The van der Waals surface area contributed by atoms with Gasteiger partial charge in [-0.1, -0.05) is 42.3 Å². The van der Waals surface area contributed by atoms with Crippen LogP contribution in [0.3, 0.4) is 0 Å². The maximum atomic E-state index is 13.1. The van der Waals surface area contributed by atoms with Crippen LogP contribution in [0.25, 0.3) is 11.0 Å². The highest BCUT2D eigenvalue weighted by Gasteiger charge is 2.25. The van der Waals surface area contributed by atoms with E-state index in [0.717, 1.165) is 35.1 Å². The van der Waals surface area contributed by atoms with E-state index < -0.39 is 0 Å². The average Bonchev–Trinajstić information content (AvgIpc) is 3.36. The molecule has 0 radical (unpaired) electrons. The smallest absolute Gasteiger partial charge is 0.244 e. The zero-order valence-corrected chi connectivity index (χ0v) is 22.0. The molecule has 0 unspecified atom stereocenters. The standard InChI is InChI=1S/C32H32N4O3/c1-2-5-26(24-10-14-28(37)15-11-24)20-32(39)35-18-16-25(17-19-35)23-8-12-27(13-9-23)34-31(38)21-36-22-33-29-6-3-4-7-30(29)36/h3-4,6-15,22,25-26,37H,16-21H2,1H3,(H,34,38)/t26-/m0/s1. The molecule has 7 nitrogen and oxygen atoms in total. The van der Waals surface area contributed by atoms with E-state index in [1.54, 1.807) is 25.4 Å². The van der Waals surface area contributed by atoms with E-state index in [2.05, 4.69) is 34.3 Å². The van der Waals surface area contributed by atoms with Crippen LogP contribution in [0, 0.1) is 11.8 Å². The fourth-order valence-electron chi connectivity index (χ4n) is 5.23. The quantitative estimate of drug-likeness (QED) is 0.325. The van der Waals surface area contributed by atoms with Crippen LogP contribution in [0.1, 0.15) is 49.1 Å². The van der Waals surface area contributed by atoms with E-state index in [9.17, 15) is 14.7 Å². The number of rotatable bonds is 7. The van der Waals surface area contributed by atoms with Crippen molar-refractivity contribution < 1.29 is 14.7 Å². The summed E-state index contributed by atoms with van der Waals surface area (Å²) in [6.07, 6.45) is 3.82. The van der Waals surface area contributed by atoms with Gasteiger partial charge in [0.15, 0.2) is 0 Å². The maximum absolute atomic E-state index is 13.1. The second-order valence-electron chi connectivity index (χ2n) is 9.93. The molecule has 1 aliphatic heterocycles. The SMILES string of the molecule is CC#C[C@@H](CC(=O)N1CCC(c2ccc(NC(=O)Cn3cnc4ccccc43)cc2)CC1)c1ccc(O)cc1. The van der Waals surface area contributed by atoms with Gasteiger partial charge in [-0.15, -0.1) is 5.92 Å². The second-order valence-corrected chi connectivity index (χ2v) is 9.93. The minimum atomic E-state index is -0.184. The number of carbonyl (C=O) groups is 2. The molecule has 2 amide bonds. The van der Waals surface area contributed by atoms with Crippen LogP contribution in [0.5, 0.6) is 5.75 Å². The number of fused-ring (bicyclic) bond motifs is 1. The summed E-state index contributed by atoms with van der Waals surface area (Å²) in [4.78, 5) is 32.0. The number of anilines is 1. The van der Waals surface area contributed by atoms with Crippen molar-refractivity contribution in [3.8, 4) is 17.6 Å². The fourth-order valence-corrected chi connectivity index (χ4v) is 5.23. The zero-order valence-electron chi connectivity index (χ0n) is 22.0. The maximum Gasteiger partial charge on any atom is 0.244 e. The van der Waals surface area contributed by atoms with Crippen molar-refractivity contribution in [2.24, 2.45) is 0 Å². The van der Waals surface area contributed by atoms with Crippen LogP contribution in [-0.2, 0) is 16.1 Å². The zero-order chi connectivity index (χ0) is 27.2. The van der Waals surface area contributed by atoms with Gasteiger partial charge in [0.1, 0.15) is 12.3 Å². The lowest BCUT2D eigenvalue weighted by atomic mass is 9.88. The lowest BCUT2D eigenvalue weighted by molar-refractivity contribution is -0.132. The summed E-state index contributed by atoms with van der Waals surface area (Å²) in [5.74, 6) is 6.49. The number of carbonyl (C=O) groups excluding carboxylic acids is 2. The third kappa shape index (κ3) is 6.29. The van der Waals surface area contributed by atoms with Crippen molar-refractivity contribution in [1.82, 2.24) is 14.5 Å². The summed E-state index contributed by atoms with van der Waals surface area (Å²) in [5, 5.41) is 12.5. The van der Waals surface area contributed by atoms with Gasteiger partial charge in [-0.3, -0.25) is 9.59 Å². The number of amides is 2. The van der Waals surface area contributed by atoms with E-state index >= 15 is 0 Å². The molecular formula is C32H32N4O3. The third-order valence-electron chi connectivity index (χ3n) is 7.35. The van der Waals surface area contributed by atoms with Gasteiger partial charge in [-0.2, -0.15) is 0 Å². The molecule has 5 rings (SSSR count). The Balaban J connectivity index is 1.12. The van der Waals surface area contributed by atoms with Gasteiger partial charge in [-0.05, 0) is 73.2 Å². The minimum Gasteiger partial charge on any atom is -0.508 e. The summed E-state index contributed by atoms with van der Waals surface area (Å²) in [5.41, 5.74) is 4.73. The first-order valence-corrected chi connectivity index (χ1v) is 13.3. The summed E-state index contributed by atoms with van der Waals surface area (Å²) < 4.78 is 1.84. The molecule has 0 aliphatic carbocycles. The number of phenols is 1. The first kappa shape index (κ1) is 26.1. The van der Waals surface area contributed by atoms with E-state index in [-0.39, 0.29) is 30.0 Å². The molecule has 0 saturated carbocycles. The number of aromatic hydroxyl groups is 1. The monoisotopic (exact) mass is 520 g/mol. The highest BCUT2D eigenvalue weighted by Crippen LogP contribution is 2.30. The number of nitrogens with one attached hydrogen (secondary N) is 1. The fraction of sp³-hybridized carbons (Fsp3) is 0.281. The molecule has 1 aromatic heterocycles. The predicted octanol–water partition coefficient (Wildman–Crippen LogP) is 5.28. The number of likely N-dealkylation sites (tertiary alicyclic amines) is 1. The summed E-state index contributed by atoms with van der Waals surface area (Å²) in [7, 11) is 0. The Morgan fingerprint density at radius 2 is 1.74 bits per heavy atom. The van der Waals surface area contributed by atoms with Gasteiger partial charge in [0, 0.05) is 25.2 Å². The van der Waals surface area contributed by atoms with Crippen molar-refractivity contribution in [3.05, 3.63) is 90.3 Å². The van der Waals surface area contributed by atoms with Crippen LogP contribution in [0.4, 0.5) is 5.69 Å². The number of hydrogen-bond donors (Lipinski definition) is 2.